The second-order valence-electron chi connectivity index (χ2n) is 6.56. The molecule has 1 saturated heterocycles. The molecule has 8 nitrogen and oxygen atoms in total. The minimum Gasteiger partial charge on any atom is -0.486 e. The fourth-order valence-electron chi connectivity index (χ4n) is 3.21. The summed E-state index contributed by atoms with van der Waals surface area (Å²) in [5.74, 6) is 0.977. The molecule has 0 aromatic heterocycles. The van der Waals surface area contributed by atoms with Gasteiger partial charge in [0, 0.05) is 12.6 Å². The molecule has 10 heteroatoms. The highest BCUT2D eigenvalue weighted by molar-refractivity contribution is 7.93. The minimum absolute atomic E-state index is 0.0350. The van der Waals surface area contributed by atoms with Crippen LogP contribution < -0.4 is 18.5 Å². The number of fused-ring (bicyclic) bond motifs is 1. The number of nitrogens with zero attached hydrogens (tertiary/aromatic N) is 1. The zero-order valence-corrected chi connectivity index (χ0v) is 16.6. The summed E-state index contributed by atoms with van der Waals surface area (Å²) in [6.45, 7) is 1.17. The molecule has 0 atom stereocenters. The third kappa shape index (κ3) is 3.74. The van der Waals surface area contributed by atoms with Crippen LogP contribution in [-0.2, 0) is 20.0 Å². The number of anilines is 2. The zero-order valence-electron chi connectivity index (χ0n) is 15.0. The lowest BCUT2D eigenvalue weighted by Crippen LogP contribution is -2.37. The number of sulfonamides is 2. The molecule has 2 heterocycles. The van der Waals surface area contributed by atoms with Crippen LogP contribution in [-0.4, -0.2) is 42.3 Å². The minimum atomic E-state index is -3.88. The Labute approximate surface area is 164 Å². The van der Waals surface area contributed by atoms with Gasteiger partial charge in [-0.05, 0) is 43.2 Å². The van der Waals surface area contributed by atoms with E-state index in [-0.39, 0.29) is 16.3 Å². The topological polar surface area (TPSA) is 102 Å². The molecule has 0 amide bonds. The highest BCUT2D eigenvalue weighted by atomic mass is 32.2. The number of hydrogen-bond donors (Lipinski definition) is 1. The van der Waals surface area contributed by atoms with E-state index >= 15 is 0 Å². The molecule has 2 aliphatic heterocycles. The van der Waals surface area contributed by atoms with Crippen molar-refractivity contribution in [3.8, 4) is 11.5 Å². The molecule has 0 saturated carbocycles. The van der Waals surface area contributed by atoms with E-state index in [2.05, 4.69) is 4.72 Å². The van der Waals surface area contributed by atoms with Gasteiger partial charge in [-0.15, -0.1) is 0 Å². The number of hydrogen-bond acceptors (Lipinski definition) is 6. The number of rotatable bonds is 4. The summed E-state index contributed by atoms with van der Waals surface area (Å²) in [4.78, 5) is 0.0350. The lowest BCUT2D eigenvalue weighted by Gasteiger charge is -2.28. The Morgan fingerprint density at radius 2 is 1.75 bits per heavy atom. The van der Waals surface area contributed by atoms with Crippen LogP contribution in [0.15, 0.2) is 47.4 Å². The van der Waals surface area contributed by atoms with Crippen LogP contribution in [0.4, 0.5) is 11.4 Å². The van der Waals surface area contributed by atoms with E-state index in [4.69, 9.17) is 9.47 Å². The van der Waals surface area contributed by atoms with Crippen molar-refractivity contribution >= 4 is 31.4 Å². The molecule has 150 valence electrons. The normalized spacial score (nSPS) is 18.5. The lowest BCUT2D eigenvalue weighted by atomic mass is 10.2. The average molecular weight is 425 g/mol. The summed E-state index contributed by atoms with van der Waals surface area (Å²) in [6, 6.07) is 10.8. The summed E-state index contributed by atoms with van der Waals surface area (Å²) in [5, 5.41) is 0. The third-order valence-corrected chi connectivity index (χ3v) is 7.81. The molecular formula is C18H20N2O6S2. The van der Waals surface area contributed by atoms with E-state index < -0.39 is 20.0 Å². The van der Waals surface area contributed by atoms with E-state index in [0.717, 1.165) is 6.42 Å². The van der Waals surface area contributed by atoms with Crippen molar-refractivity contribution in [2.75, 3.05) is 34.5 Å². The Bertz CT molecular complexity index is 1100. The molecule has 2 aromatic carbocycles. The molecule has 4 rings (SSSR count). The Morgan fingerprint density at radius 3 is 2.54 bits per heavy atom. The van der Waals surface area contributed by atoms with Gasteiger partial charge in [0.25, 0.3) is 10.0 Å². The van der Waals surface area contributed by atoms with Crippen molar-refractivity contribution in [1.82, 2.24) is 0 Å². The van der Waals surface area contributed by atoms with Gasteiger partial charge < -0.3 is 9.47 Å². The van der Waals surface area contributed by atoms with Gasteiger partial charge in [-0.3, -0.25) is 9.03 Å². The van der Waals surface area contributed by atoms with Crippen molar-refractivity contribution in [3.63, 3.8) is 0 Å². The molecule has 0 unspecified atom stereocenters. The van der Waals surface area contributed by atoms with Crippen molar-refractivity contribution in [1.29, 1.82) is 0 Å². The maximum Gasteiger partial charge on any atom is 0.262 e. The van der Waals surface area contributed by atoms with Crippen LogP contribution in [0.5, 0.6) is 11.5 Å². The monoisotopic (exact) mass is 424 g/mol. The van der Waals surface area contributed by atoms with Crippen LogP contribution in [0, 0.1) is 0 Å². The molecule has 1 N–H and O–H groups in total. The smallest absolute Gasteiger partial charge is 0.262 e. The van der Waals surface area contributed by atoms with Crippen LogP contribution >= 0.6 is 0 Å². The Hall–Kier alpha value is -2.46. The van der Waals surface area contributed by atoms with Gasteiger partial charge in [-0.2, -0.15) is 0 Å². The van der Waals surface area contributed by atoms with Crippen molar-refractivity contribution in [3.05, 3.63) is 42.5 Å². The number of nitrogens with one attached hydrogen (secondary N) is 1. The second kappa shape index (κ2) is 7.17. The fourth-order valence-corrected chi connectivity index (χ4v) is 5.90. The number of ether oxygens (including phenoxy) is 2. The van der Waals surface area contributed by atoms with Gasteiger partial charge in [-0.25, -0.2) is 16.8 Å². The predicted molar refractivity (Wildman–Crippen MR) is 105 cm³/mol. The molecule has 2 aromatic rings. The van der Waals surface area contributed by atoms with Gasteiger partial charge in [0.1, 0.15) is 13.2 Å². The quantitative estimate of drug-likeness (QED) is 0.807. The summed E-state index contributed by atoms with van der Waals surface area (Å²) < 4.78 is 64.8. The van der Waals surface area contributed by atoms with E-state index in [0.29, 0.717) is 43.4 Å². The molecule has 0 radical (unpaired) electrons. The molecule has 1 fully saturated rings. The Morgan fingerprint density at radius 1 is 0.964 bits per heavy atom. The maximum atomic E-state index is 12.8. The van der Waals surface area contributed by atoms with E-state index in [1.807, 2.05) is 0 Å². The lowest BCUT2D eigenvalue weighted by molar-refractivity contribution is 0.171. The van der Waals surface area contributed by atoms with Gasteiger partial charge in [0.15, 0.2) is 11.5 Å². The highest BCUT2D eigenvalue weighted by Gasteiger charge is 2.26. The van der Waals surface area contributed by atoms with E-state index in [9.17, 15) is 16.8 Å². The highest BCUT2D eigenvalue weighted by Crippen LogP contribution is 2.33. The zero-order chi connectivity index (χ0) is 19.8. The van der Waals surface area contributed by atoms with E-state index in [1.165, 1.54) is 22.5 Å². The van der Waals surface area contributed by atoms with Crippen LogP contribution in [0.25, 0.3) is 0 Å². The molecule has 0 aliphatic carbocycles. The van der Waals surface area contributed by atoms with Crippen LogP contribution in [0.3, 0.4) is 0 Å². The summed E-state index contributed by atoms with van der Waals surface area (Å²) >= 11 is 0. The Balaban J connectivity index is 1.60. The maximum absolute atomic E-state index is 12.8. The first-order chi connectivity index (χ1) is 13.4. The van der Waals surface area contributed by atoms with Gasteiger partial charge >= 0.3 is 0 Å². The summed E-state index contributed by atoms with van der Waals surface area (Å²) in [7, 11) is -7.25. The molecule has 0 spiro atoms. The summed E-state index contributed by atoms with van der Waals surface area (Å²) in [5.41, 5.74) is 0.732. The second-order valence-corrected chi connectivity index (χ2v) is 10.3. The standard InChI is InChI=1S/C18H20N2O6S2/c21-27(22)11-2-1-8-20(27)15-5-3-4-14(12-15)19-28(23,24)16-6-7-17-18(13-16)26-10-9-25-17/h3-7,12-13,19H,1-2,8-11H2. The first-order valence-corrected chi connectivity index (χ1v) is 12.0. The van der Waals surface area contributed by atoms with Gasteiger partial charge in [0.05, 0.1) is 22.0 Å². The summed E-state index contributed by atoms with van der Waals surface area (Å²) in [6.07, 6.45) is 1.40. The third-order valence-electron chi connectivity index (χ3n) is 4.56. The van der Waals surface area contributed by atoms with E-state index in [1.54, 1.807) is 24.3 Å². The van der Waals surface area contributed by atoms with Crippen molar-refractivity contribution in [2.24, 2.45) is 0 Å². The van der Waals surface area contributed by atoms with Gasteiger partial charge in [0.2, 0.25) is 10.0 Å². The Kier molecular flexibility index (Phi) is 4.84. The van der Waals surface area contributed by atoms with Crippen LogP contribution in [0.1, 0.15) is 12.8 Å². The first-order valence-electron chi connectivity index (χ1n) is 8.88. The van der Waals surface area contributed by atoms with Crippen molar-refractivity contribution < 1.29 is 26.3 Å². The number of benzene rings is 2. The van der Waals surface area contributed by atoms with Crippen molar-refractivity contribution in [2.45, 2.75) is 17.7 Å². The predicted octanol–water partition coefficient (Wildman–Crippen LogP) is 2.19. The SMILES string of the molecule is O=S(=O)(Nc1cccc(N2CCCCS2(=O)=O)c1)c1ccc2c(c1)OCCO2. The molecule has 0 bridgehead atoms. The van der Waals surface area contributed by atoms with Crippen LogP contribution in [0.2, 0.25) is 0 Å². The first kappa shape index (κ1) is 18.9. The largest absolute Gasteiger partial charge is 0.486 e. The molecule has 2 aliphatic rings. The molecule has 28 heavy (non-hydrogen) atoms. The fraction of sp³-hybridized carbons (Fsp3) is 0.333. The molecular weight excluding hydrogens is 404 g/mol. The average Bonchev–Trinajstić information content (AvgIpc) is 2.67. The van der Waals surface area contributed by atoms with Gasteiger partial charge in [-0.1, -0.05) is 6.07 Å².